The van der Waals surface area contributed by atoms with Gasteiger partial charge in [0.05, 0.1) is 0 Å². The molecule has 3 aromatic heterocycles. The summed E-state index contributed by atoms with van der Waals surface area (Å²) >= 11 is 0. The van der Waals surface area contributed by atoms with E-state index < -0.39 is 0 Å². The van der Waals surface area contributed by atoms with Crippen molar-refractivity contribution in [3.05, 3.63) is 48.4 Å². The van der Waals surface area contributed by atoms with Gasteiger partial charge in [-0.3, -0.25) is 0 Å². The average Bonchev–Trinajstić information content (AvgIpc) is 3.22. The first kappa shape index (κ1) is 17.1. The van der Waals surface area contributed by atoms with Crippen LogP contribution in [0.25, 0.3) is 5.82 Å². The Morgan fingerprint density at radius 2 is 1.64 bits per heavy atom. The van der Waals surface area contributed by atoms with Crippen molar-refractivity contribution in [1.82, 2.24) is 29.7 Å². The Morgan fingerprint density at radius 3 is 2.32 bits per heavy atom. The lowest BCUT2D eigenvalue weighted by Gasteiger charge is -2.36. The SMILES string of the molecule is Cc1nc(N2CCN(c3cc(C4CCC4)ncn3)CC2)cc(-n2cccn2)n1. The van der Waals surface area contributed by atoms with Gasteiger partial charge in [-0.15, -0.1) is 0 Å². The maximum absolute atomic E-state index is 4.65. The molecule has 0 atom stereocenters. The Hall–Kier alpha value is -3.03. The third-order valence-electron chi connectivity index (χ3n) is 5.67. The molecule has 0 amide bonds. The van der Waals surface area contributed by atoms with E-state index in [4.69, 9.17) is 0 Å². The molecule has 1 aliphatic heterocycles. The Morgan fingerprint density at radius 1 is 0.893 bits per heavy atom. The smallest absolute Gasteiger partial charge is 0.159 e. The summed E-state index contributed by atoms with van der Waals surface area (Å²) in [6, 6.07) is 6.09. The third-order valence-corrected chi connectivity index (χ3v) is 5.67. The molecule has 2 fully saturated rings. The fraction of sp³-hybridized carbons (Fsp3) is 0.450. The van der Waals surface area contributed by atoms with Gasteiger partial charge < -0.3 is 9.80 Å². The highest BCUT2D eigenvalue weighted by Gasteiger charge is 2.24. The Bertz CT molecular complexity index is 943. The van der Waals surface area contributed by atoms with Crippen LogP contribution in [0.2, 0.25) is 0 Å². The molecular weight excluding hydrogens is 352 g/mol. The van der Waals surface area contributed by atoms with Crippen molar-refractivity contribution in [2.75, 3.05) is 36.0 Å². The van der Waals surface area contributed by atoms with Crippen molar-refractivity contribution in [2.45, 2.75) is 32.1 Å². The van der Waals surface area contributed by atoms with Crippen LogP contribution >= 0.6 is 0 Å². The molecule has 0 N–H and O–H groups in total. The first-order valence-electron chi connectivity index (χ1n) is 9.94. The van der Waals surface area contributed by atoms with Gasteiger partial charge in [-0.25, -0.2) is 24.6 Å². The highest BCUT2D eigenvalue weighted by atomic mass is 15.3. The molecule has 0 bridgehead atoms. The molecule has 3 aromatic rings. The van der Waals surface area contributed by atoms with Crippen molar-refractivity contribution in [3.8, 4) is 5.82 Å². The van der Waals surface area contributed by atoms with Crippen LogP contribution in [0.4, 0.5) is 11.6 Å². The number of nitrogens with zero attached hydrogens (tertiary/aromatic N) is 8. The van der Waals surface area contributed by atoms with Gasteiger partial charge in [-0.2, -0.15) is 5.10 Å². The number of aryl methyl sites for hydroxylation is 1. The van der Waals surface area contributed by atoms with Gasteiger partial charge in [0.25, 0.3) is 0 Å². The highest BCUT2D eigenvalue weighted by Crippen LogP contribution is 2.36. The van der Waals surface area contributed by atoms with Crippen LogP contribution < -0.4 is 9.80 Å². The van der Waals surface area contributed by atoms with Gasteiger partial charge in [0.1, 0.15) is 23.8 Å². The van der Waals surface area contributed by atoms with Crippen LogP contribution in [0.3, 0.4) is 0 Å². The largest absolute Gasteiger partial charge is 0.353 e. The van der Waals surface area contributed by atoms with E-state index in [9.17, 15) is 0 Å². The number of rotatable bonds is 4. The second-order valence-corrected chi connectivity index (χ2v) is 7.49. The first-order valence-corrected chi connectivity index (χ1v) is 9.94. The van der Waals surface area contributed by atoms with Gasteiger partial charge in [0.2, 0.25) is 0 Å². The zero-order chi connectivity index (χ0) is 18.9. The molecule has 8 nitrogen and oxygen atoms in total. The monoisotopic (exact) mass is 376 g/mol. The van der Waals surface area contributed by atoms with Crippen molar-refractivity contribution in [3.63, 3.8) is 0 Å². The van der Waals surface area contributed by atoms with Crippen LogP contribution in [-0.2, 0) is 0 Å². The van der Waals surface area contributed by atoms with Crippen LogP contribution in [0.15, 0.2) is 36.9 Å². The molecular formula is C20H24N8. The summed E-state index contributed by atoms with van der Waals surface area (Å²) in [5, 5.41) is 4.29. The van der Waals surface area contributed by atoms with E-state index in [1.165, 1.54) is 25.0 Å². The predicted octanol–water partition coefficient (Wildman–Crippen LogP) is 2.35. The number of piperazine rings is 1. The zero-order valence-electron chi connectivity index (χ0n) is 16.1. The standard InChI is InChI=1S/C20H24N8/c1-15-24-19(13-20(25-15)28-7-3-6-23-28)27-10-8-26(9-11-27)18-12-17(21-14-22-18)16-4-2-5-16/h3,6-7,12-14,16H,2,4-5,8-11H2,1H3. The molecule has 4 heterocycles. The Balaban J connectivity index is 1.30. The summed E-state index contributed by atoms with van der Waals surface area (Å²) < 4.78 is 1.78. The lowest BCUT2D eigenvalue weighted by molar-refractivity contribution is 0.410. The van der Waals surface area contributed by atoms with Gasteiger partial charge in [0.15, 0.2) is 5.82 Å². The van der Waals surface area contributed by atoms with Crippen molar-refractivity contribution in [1.29, 1.82) is 0 Å². The first-order chi connectivity index (χ1) is 13.8. The molecule has 0 spiro atoms. The van der Waals surface area contributed by atoms with Gasteiger partial charge in [-0.1, -0.05) is 6.42 Å². The maximum Gasteiger partial charge on any atom is 0.159 e. The molecule has 0 aromatic carbocycles. The summed E-state index contributed by atoms with van der Waals surface area (Å²) in [4.78, 5) is 22.8. The lowest BCUT2D eigenvalue weighted by atomic mass is 9.83. The highest BCUT2D eigenvalue weighted by molar-refractivity contribution is 5.48. The van der Waals surface area contributed by atoms with Crippen LogP contribution in [-0.4, -0.2) is 55.9 Å². The predicted molar refractivity (Wildman–Crippen MR) is 107 cm³/mol. The second-order valence-electron chi connectivity index (χ2n) is 7.49. The zero-order valence-corrected chi connectivity index (χ0v) is 16.1. The second kappa shape index (κ2) is 7.18. The molecule has 144 valence electrons. The van der Waals surface area contributed by atoms with E-state index in [1.807, 2.05) is 25.3 Å². The molecule has 28 heavy (non-hydrogen) atoms. The minimum atomic E-state index is 0.632. The molecule has 1 saturated carbocycles. The maximum atomic E-state index is 4.65. The summed E-state index contributed by atoms with van der Waals surface area (Å²) in [6.07, 6.45) is 9.22. The summed E-state index contributed by atoms with van der Waals surface area (Å²) in [5.41, 5.74) is 1.20. The molecule has 8 heteroatoms. The van der Waals surface area contributed by atoms with E-state index in [1.54, 1.807) is 17.2 Å². The van der Waals surface area contributed by atoms with Gasteiger partial charge >= 0.3 is 0 Å². The fourth-order valence-electron chi connectivity index (χ4n) is 3.85. The normalized spacial score (nSPS) is 17.6. The molecule has 0 unspecified atom stereocenters. The summed E-state index contributed by atoms with van der Waals surface area (Å²) in [5.74, 6) is 4.19. The number of aromatic nitrogens is 6. The van der Waals surface area contributed by atoms with Crippen molar-refractivity contribution >= 4 is 11.6 Å². The average molecular weight is 376 g/mol. The minimum Gasteiger partial charge on any atom is -0.353 e. The van der Waals surface area contributed by atoms with Gasteiger partial charge in [-0.05, 0) is 25.8 Å². The Labute approximate surface area is 164 Å². The Kier molecular flexibility index (Phi) is 4.38. The number of anilines is 2. The van der Waals surface area contributed by atoms with Crippen LogP contribution in [0.1, 0.15) is 36.7 Å². The number of hydrogen-bond acceptors (Lipinski definition) is 7. The molecule has 1 saturated heterocycles. The molecule has 1 aliphatic carbocycles. The molecule has 0 radical (unpaired) electrons. The quantitative estimate of drug-likeness (QED) is 0.692. The van der Waals surface area contributed by atoms with E-state index in [-0.39, 0.29) is 0 Å². The minimum absolute atomic E-state index is 0.632. The number of hydrogen-bond donors (Lipinski definition) is 0. The molecule has 5 rings (SSSR count). The van der Waals surface area contributed by atoms with E-state index in [0.29, 0.717) is 5.92 Å². The fourth-order valence-corrected chi connectivity index (χ4v) is 3.85. The van der Waals surface area contributed by atoms with E-state index >= 15 is 0 Å². The molecule has 2 aliphatic rings. The summed E-state index contributed by atoms with van der Waals surface area (Å²) in [6.45, 7) is 5.56. The lowest BCUT2D eigenvalue weighted by Crippen LogP contribution is -2.47. The summed E-state index contributed by atoms with van der Waals surface area (Å²) in [7, 11) is 0. The van der Waals surface area contributed by atoms with Gasteiger partial charge in [0, 0.05) is 62.3 Å². The van der Waals surface area contributed by atoms with Crippen molar-refractivity contribution in [2.24, 2.45) is 0 Å². The van der Waals surface area contributed by atoms with Crippen LogP contribution in [0.5, 0.6) is 0 Å². The third kappa shape index (κ3) is 3.30. The van der Waals surface area contributed by atoms with E-state index in [0.717, 1.165) is 49.5 Å². The topological polar surface area (TPSA) is 75.9 Å². The van der Waals surface area contributed by atoms with Crippen molar-refractivity contribution < 1.29 is 0 Å². The van der Waals surface area contributed by atoms with Crippen LogP contribution in [0, 0.1) is 6.92 Å². The van der Waals surface area contributed by atoms with E-state index in [2.05, 4.69) is 40.9 Å².